The molecule has 3 nitrogen and oxygen atoms in total. The number of amides is 1. The van der Waals surface area contributed by atoms with Gasteiger partial charge in [-0.2, -0.15) is 0 Å². The molecule has 1 atom stereocenters. The summed E-state index contributed by atoms with van der Waals surface area (Å²) in [5.41, 5.74) is 2.50. The van der Waals surface area contributed by atoms with Gasteiger partial charge >= 0.3 is 0 Å². The molecule has 1 unspecified atom stereocenters. The van der Waals surface area contributed by atoms with E-state index in [1.54, 1.807) is 11.9 Å². The molecule has 3 heteroatoms. The minimum absolute atomic E-state index is 0.116. The molecule has 0 fully saturated rings. The quantitative estimate of drug-likeness (QED) is 0.867. The van der Waals surface area contributed by atoms with E-state index in [0.29, 0.717) is 12.5 Å². The molecule has 100 valence electrons. The average molecular weight is 248 g/mol. The van der Waals surface area contributed by atoms with Crippen LogP contribution in [0.5, 0.6) is 0 Å². The summed E-state index contributed by atoms with van der Waals surface area (Å²) in [6, 6.07) is 8.34. The summed E-state index contributed by atoms with van der Waals surface area (Å²) in [7, 11) is 3.64. The molecule has 0 radical (unpaired) electrons. The summed E-state index contributed by atoms with van der Waals surface area (Å²) in [5.74, 6) is 0.660. The Morgan fingerprint density at radius 3 is 2.22 bits per heavy atom. The van der Waals surface area contributed by atoms with E-state index >= 15 is 0 Å². The molecular formula is C15H24N2O. The Balaban J connectivity index is 2.64. The highest BCUT2D eigenvalue weighted by Gasteiger charge is 2.15. The van der Waals surface area contributed by atoms with Gasteiger partial charge in [0.1, 0.15) is 0 Å². The molecule has 0 aliphatic carbocycles. The molecule has 0 saturated carbocycles. The zero-order valence-corrected chi connectivity index (χ0v) is 12.0. The molecule has 18 heavy (non-hydrogen) atoms. The van der Waals surface area contributed by atoms with Gasteiger partial charge in [0.05, 0.1) is 6.04 Å². The number of nitrogens with one attached hydrogen (secondary N) is 1. The maximum absolute atomic E-state index is 11.9. The van der Waals surface area contributed by atoms with Gasteiger partial charge in [-0.1, -0.05) is 38.1 Å². The number of rotatable bonds is 5. The van der Waals surface area contributed by atoms with Gasteiger partial charge in [-0.3, -0.25) is 4.79 Å². The summed E-state index contributed by atoms with van der Waals surface area (Å²) >= 11 is 0. The summed E-state index contributed by atoms with van der Waals surface area (Å²) < 4.78 is 0. The van der Waals surface area contributed by atoms with Gasteiger partial charge in [-0.25, -0.2) is 0 Å². The lowest BCUT2D eigenvalue weighted by Gasteiger charge is -2.21. The maximum Gasteiger partial charge on any atom is 0.239 e. The molecular weight excluding hydrogens is 224 g/mol. The van der Waals surface area contributed by atoms with Crippen molar-refractivity contribution in [3.8, 4) is 0 Å². The van der Waals surface area contributed by atoms with Gasteiger partial charge in [0.2, 0.25) is 5.91 Å². The molecule has 1 aromatic carbocycles. The minimum Gasteiger partial charge on any atom is -0.340 e. The second-order valence-corrected chi connectivity index (χ2v) is 5.10. The number of carbonyl (C=O) groups is 1. The average Bonchev–Trinajstić information content (AvgIpc) is 2.37. The largest absolute Gasteiger partial charge is 0.340 e. The monoisotopic (exact) mass is 248 g/mol. The third-order valence-electron chi connectivity index (χ3n) is 3.25. The van der Waals surface area contributed by atoms with Crippen LogP contribution in [0.15, 0.2) is 24.3 Å². The van der Waals surface area contributed by atoms with E-state index in [2.05, 4.69) is 43.4 Å². The molecule has 1 rings (SSSR count). The molecule has 0 heterocycles. The van der Waals surface area contributed by atoms with Crippen molar-refractivity contribution in [1.29, 1.82) is 0 Å². The molecule has 0 aromatic heterocycles. The van der Waals surface area contributed by atoms with Crippen LogP contribution in [0.3, 0.4) is 0 Å². The Labute approximate surface area is 110 Å². The summed E-state index contributed by atoms with van der Waals surface area (Å²) in [6.07, 6.45) is 0. The van der Waals surface area contributed by atoms with E-state index in [-0.39, 0.29) is 11.9 Å². The fourth-order valence-corrected chi connectivity index (χ4v) is 1.81. The van der Waals surface area contributed by atoms with E-state index in [1.165, 1.54) is 11.1 Å². The summed E-state index contributed by atoms with van der Waals surface area (Å²) in [5, 5.41) is 2.96. The number of nitrogens with zero attached hydrogens (tertiary/aromatic N) is 1. The van der Waals surface area contributed by atoms with Crippen molar-refractivity contribution in [2.24, 2.45) is 0 Å². The maximum atomic E-state index is 11.9. The predicted molar refractivity (Wildman–Crippen MR) is 75.5 cm³/mol. The van der Waals surface area contributed by atoms with E-state index in [9.17, 15) is 4.79 Å². The van der Waals surface area contributed by atoms with Crippen LogP contribution in [0.25, 0.3) is 0 Å². The lowest BCUT2D eigenvalue weighted by molar-refractivity contribution is -0.132. The van der Waals surface area contributed by atoms with Crippen LogP contribution < -0.4 is 5.32 Å². The lowest BCUT2D eigenvalue weighted by Crippen LogP contribution is -2.41. The smallest absolute Gasteiger partial charge is 0.239 e. The second kappa shape index (κ2) is 6.55. The van der Waals surface area contributed by atoms with Crippen molar-refractivity contribution in [2.45, 2.75) is 39.3 Å². The first-order valence-corrected chi connectivity index (χ1v) is 6.46. The van der Waals surface area contributed by atoms with E-state index in [1.807, 2.05) is 14.0 Å². The van der Waals surface area contributed by atoms with E-state index < -0.39 is 0 Å². The highest BCUT2D eigenvalue weighted by Crippen LogP contribution is 2.15. The zero-order valence-electron chi connectivity index (χ0n) is 12.0. The Morgan fingerprint density at radius 2 is 1.78 bits per heavy atom. The van der Waals surface area contributed by atoms with Crippen LogP contribution in [-0.2, 0) is 11.3 Å². The Bertz CT molecular complexity index is 384. The number of hydrogen-bond donors (Lipinski definition) is 1. The SMILES string of the molecule is CNC(C)C(=O)N(C)Cc1ccc(C(C)C)cc1. The van der Waals surface area contributed by atoms with Gasteiger partial charge in [-0.05, 0) is 31.0 Å². The van der Waals surface area contributed by atoms with Crippen molar-refractivity contribution < 1.29 is 4.79 Å². The first kappa shape index (κ1) is 14.7. The lowest BCUT2D eigenvalue weighted by atomic mass is 10.0. The number of hydrogen-bond acceptors (Lipinski definition) is 2. The Hall–Kier alpha value is -1.35. The molecule has 1 N–H and O–H groups in total. The predicted octanol–water partition coefficient (Wildman–Crippen LogP) is 2.38. The third-order valence-corrected chi connectivity index (χ3v) is 3.25. The number of likely N-dealkylation sites (N-methyl/N-ethyl adjacent to an activating group) is 2. The first-order valence-electron chi connectivity index (χ1n) is 6.46. The van der Waals surface area contributed by atoms with Crippen LogP contribution in [0.2, 0.25) is 0 Å². The summed E-state index contributed by atoms with van der Waals surface area (Å²) in [4.78, 5) is 13.7. The topological polar surface area (TPSA) is 32.3 Å². The Morgan fingerprint density at radius 1 is 1.22 bits per heavy atom. The molecule has 0 saturated heterocycles. The molecule has 0 spiro atoms. The highest BCUT2D eigenvalue weighted by molar-refractivity contribution is 5.81. The van der Waals surface area contributed by atoms with E-state index in [0.717, 1.165) is 0 Å². The van der Waals surface area contributed by atoms with Crippen molar-refractivity contribution >= 4 is 5.91 Å². The zero-order chi connectivity index (χ0) is 13.7. The molecule has 1 amide bonds. The van der Waals surface area contributed by atoms with Crippen molar-refractivity contribution in [3.05, 3.63) is 35.4 Å². The first-order chi connectivity index (χ1) is 8.45. The van der Waals surface area contributed by atoms with E-state index in [4.69, 9.17) is 0 Å². The van der Waals surface area contributed by atoms with Crippen LogP contribution in [0.1, 0.15) is 37.8 Å². The van der Waals surface area contributed by atoms with Crippen molar-refractivity contribution in [2.75, 3.05) is 14.1 Å². The van der Waals surface area contributed by atoms with Crippen LogP contribution in [-0.4, -0.2) is 30.9 Å². The van der Waals surface area contributed by atoms with Gasteiger partial charge < -0.3 is 10.2 Å². The van der Waals surface area contributed by atoms with Gasteiger partial charge in [-0.15, -0.1) is 0 Å². The Kier molecular flexibility index (Phi) is 5.35. The van der Waals surface area contributed by atoms with Gasteiger partial charge in [0, 0.05) is 13.6 Å². The van der Waals surface area contributed by atoms with Crippen molar-refractivity contribution in [3.63, 3.8) is 0 Å². The fraction of sp³-hybridized carbons (Fsp3) is 0.533. The second-order valence-electron chi connectivity index (χ2n) is 5.10. The number of benzene rings is 1. The van der Waals surface area contributed by atoms with Crippen LogP contribution in [0.4, 0.5) is 0 Å². The van der Waals surface area contributed by atoms with Crippen LogP contribution in [0, 0.1) is 0 Å². The summed E-state index contributed by atoms with van der Waals surface area (Å²) in [6.45, 7) is 6.89. The van der Waals surface area contributed by atoms with Crippen molar-refractivity contribution in [1.82, 2.24) is 10.2 Å². The molecule has 0 aliphatic heterocycles. The number of carbonyl (C=O) groups excluding carboxylic acids is 1. The standard InChI is InChI=1S/C15H24N2O/c1-11(2)14-8-6-13(7-9-14)10-17(5)15(18)12(3)16-4/h6-9,11-12,16H,10H2,1-5H3. The fourth-order valence-electron chi connectivity index (χ4n) is 1.81. The normalized spacial score (nSPS) is 12.6. The third kappa shape index (κ3) is 3.84. The van der Waals surface area contributed by atoms with Gasteiger partial charge in [0.15, 0.2) is 0 Å². The van der Waals surface area contributed by atoms with Crippen LogP contribution >= 0.6 is 0 Å². The minimum atomic E-state index is -0.134. The molecule has 1 aromatic rings. The van der Waals surface area contributed by atoms with Gasteiger partial charge in [0.25, 0.3) is 0 Å². The molecule has 0 bridgehead atoms. The highest BCUT2D eigenvalue weighted by atomic mass is 16.2. The molecule has 0 aliphatic rings.